The van der Waals surface area contributed by atoms with E-state index < -0.39 is 16.0 Å². The van der Waals surface area contributed by atoms with Crippen LogP contribution < -0.4 is 4.72 Å². The maximum atomic E-state index is 12.0. The van der Waals surface area contributed by atoms with Gasteiger partial charge in [-0.2, -0.15) is 0 Å². The van der Waals surface area contributed by atoms with Crippen molar-refractivity contribution in [2.75, 3.05) is 17.6 Å². The maximum Gasteiger partial charge on any atom is 0.335 e. The SMILES string of the molecule is COC(CS(=O)(=O)Nc1ccc(C(=O)O)cc1)C1CC1. The van der Waals surface area contributed by atoms with Gasteiger partial charge in [-0.25, -0.2) is 13.2 Å². The molecule has 0 radical (unpaired) electrons. The van der Waals surface area contributed by atoms with Gasteiger partial charge in [0.1, 0.15) is 0 Å². The first-order valence-electron chi connectivity index (χ1n) is 6.28. The standard InChI is InChI=1S/C13H17NO5S/c1-19-12(9-2-3-9)8-20(17,18)14-11-6-4-10(5-7-11)13(15)16/h4-7,9,12,14H,2-3,8H2,1H3,(H,15,16). The molecule has 1 aromatic carbocycles. The third-order valence-electron chi connectivity index (χ3n) is 3.24. The minimum absolute atomic E-state index is 0.0884. The fraction of sp³-hybridized carbons (Fsp3) is 0.462. The molecule has 110 valence electrons. The van der Waals surface area contributed by atoms with Gasteiger partial charge >= 0.3 is 5.97 Å². The van der Waals surface area contributed by atoms with E-state index >= 15 is 0 Å². The van der Waals surface area contributed by atoms with Crippen molar-refractivity contribution in [1.29, 1.82) is 0 Å². The molecule has 0 aromatic heterocycles. The molecule has 20 heavy (non-hydrogen) atoms. The predicted octanol–water partition coefficient (Wildman–Crippen LogP) is 1.55. The van der Waals surface area contributed by atoms with E-state index in [0.717, 1.165) is 12.8 Å². The lowest BCUT2D eigenvalue weighted by Gasteiger charge is -2.15. The Kier molecular flexibility index (Phi) is 4.29. The molecule has 1 saturated carbocycles. The second-order valence-electron chi connectivity index (χ2n) is 4.88. The summed E-state index contributed by atoms with van der Waals surface area (Å²) >= 11 is 0. The van der Waals surface area contributed by atoms with Crippen molar-refractivity contribution in [2.45, 2.75) is 18.9 Å². The van der Waals surface area contributed by atoms with Crippen LogP contribution in [0.4, 0.5) is 5.69 Å². The van der Waals surface area contributed by atoms with Gasteiger partial charge in [0.05, 0.1) is 17.4 Å². The van der Waals surface area contributed by atoms with Gasteiger partial charge in [0, 0.05) is 12.8 Å². The number of carboxylic acid groups (broad SMARTS) is 1. The molecule has 1 atom stereocenters. The van der Waals surface area contributed by atoms with Crippen molar-refractivity contribution in [3.63, 3.8) is 0 Å². The number of benzene rings is 1. The summed E-state index contributed by atoms with van der Waals surface area (Å²) in [7, 11) is -1.99. The highest BCUT2D eigenvalue weighted by atomic mass is 32.2. The van der Waals surface area contributed by atoms with Crippen molar-refractivity contribution < 1.29 is 23.1 Å². The van der Waals surface area contributed by atoms with Crippen molar-refractivity contribution in [1.82, 2.24) is 0 Å². The minimum Gasteiger partial charge on any atom is -0.478 e. The van der Waals surface area contributed by atoms with Gasteiger partial charge in [0.15, 0.2) is 0 Å². The molecular weight excluding hydrogens is 282 g/mol. The lowest BCUT2D eigenvalue weighted by molar-refractivity contribution is 0.0697. The summed E-state index contributed by atoms with van der Waals surface area (Å²) in [4.78, 5) is 10.7. The Balaban J connectivity index is 2.01. The zero-order valence-electron chi connectivity index (χ0n) is 11.1. The van der Waals surface area contributed by atoms with Gasteiger partial charge in [0.25, 0.3) is 0 Å². The Morgan fingerprint density at radius 1 is 1.40 bits per heavy atom. The fourth-order valence-corrected chi connectivity index (χ4v) is 3.40. The average Bonchev–Trinajstić information content (AvgIpc) is 3.20. The van der Waals surface area contributed by atoms with Gasteiger partial charge in [0.2, 0.25) is 10.0 Å². The Labute approximate surface area is 117 Å². The number of sulfonamides is 1. The summed E-state index contributed by atoms with van der Waals surface area (Å²) in [5.74, 6) is -0.812. The summed E-state index contributed by atoms with van der Waals surface area (Å²) in [6.07, 6.45) is 1.72. The molecule has 0 heterocycles. The van der Waals surface area contributed by atoms with E-state index in [-0.39, 0.29) is 17.4 Å². The van der Waals surface area contributed by atoms with Crippen molar-refractivity contribution in [3.05, 3.63) is 29.8 Å². The summed E-state index contributed by atoms with van der Waals surface area (Å²) in [6.45, 7) is 0. The van der Waals surface area contributed by atoms with E-state index in [1.807, 2.05) is 0 Å². The van der Waals surface area contributed by atoms with Crippen LogP contribution in [0.15, 0.2) is 24.3 Å². The fourth-order valence-electron chi connectivity index (χ4n) is 1.98. The van der Waals surface area contributed by atoms with Crippen LogP contribution in [0.3, 0.4) is 0 Å². The normalized spacial score (nSPS) is 16.6. The number of aromatic carboxylic acids is 1. The summed E-state index contributed by atoms with van der Waals surface area (Å²) in [6, 6.07) is 5.57. The number of anilines is 1. The van der Waals surface area contributed by atoms with Crippen LogP contribution in [-0.2, 0) is 14.8 Å². The topological polar surface area (TPSA) is 92.7 Å². The number of ether oxygens (including phenoxy) is 1. The molecule has 7 heteroatoms. The Bertz CT molecular complexity index is 577. The highest BCUT2D eigenvalue weighted by Crippen LogP contribution is 2.34. The molecule has 0 amide bonds. The second-order valence-corrected chi connectivity index (χ2v) is 6.64. The van der Waals surface area contributed by atoms with E-state index in [1.54, 1.807) is 0 Å². The first kappa shape index (κ1) is 14.8. The monoisotopic (exact) mass is 299 g/mol. The van der Waals surface area contributed by atoms with Crippen molar-refractivity contribution in [2.24, 2.45) is 5.92 Å². The quantitative estimate of drug-likeness (QED) is 0.797. The number of methoxy groups -OCH3 is 1. The third kappa shape index (κ3) is 3.94. The molecule has 1 aromatic rings. The first-order chi connectivity index (χ1) is 9.41. The van der Waals surface area contributed by atoms with E-state index in [1.165, 1.54) is 31.4 Å². The first-order valence-corrected chi connectivity index (χ1v) is 7.93. The lowest BCUT2D eigenvalue weighted by atomic mass is 10.2. The summed E-state index contributed by atoms with van der Waals surface area (Å²) < 4.78 is 31.7. The van der Waals surface area contributed by atoms with Crippen molar-refractivity contribution >= 4 is 21.7 Å². The van der Waals surface area contributed by atoms with E-state index in [9.17, 15) is 13.2 Å². The van der Waals surface area contributed by atoms with Crippen LogP contribution in [0.1, 0.15) is 23.2 Å². The average molecular weight is 299 g/mol. The molecule has 2 N–H and O–H groups in total. The third-order valence-corrected chi connectivity index (χ3v) is 4.55. The molecule has 2 rings (SSSR count). The van der Waals surface area contributed by atoms with Crippen LogP contribution in [0, 0.1) is 5.92 Å². The predicted molar refractivity (Wildman–Crippen MR) is 74.3 cm³/mol. The van der Waals surface area contributed by atoms with Crippen LogP contribution in [-0.4, -0.2) is 38.5 Å². The zero-order chi connectivity index (χ0) is 14.8. The molecule has 0 spiro atoms. The lowest BCUT2D eigenvalue weighted by Crippen LogP contribution is -2.29. The highest BCUT2D eigenvalue weighted by molar-refractivity contribution is 7.92. The maximum absolute atomic E-state index is 12.0. The van der Waals surface area contributed by atoms with Gasteiger partial charge < -0.3 is 9.84 Å². The smallest absolute Gasteiger partial charge is 0.335 e. The Morgan fingerprint density at radius 3 is 2.45 bits per heavy atom. The highest BCUT2D eigenvalue weighted by Gasteiger charge is 2.34. The molecule has 0 bridgehead atoms. The number of hydrogen-bond donors (Lipinski definition) is 2. The molecule has 1 aliphatic rings. The zero-order valence-corrected chi connectivity index (χ0v) is 11.9. The molecular formula is C13H17NO5S. The number of nitrogens with one attached hydrogen (secondary N) is 1. The van der Waals surface area contributed by atoms with E-state index in [4.69, 9.17) is 9.84 Å². The summed E-state index contributed by atoms with van der Waals surface area (Å²) in [5, 5.41) is 8.77. The van der Waals surface area contributed by atoms with Crippen LogP contribution in [0.2, 0.25) is 0 Å². The molecule has 0 saturated heterocycles. The molecule has 1 fully saturated rings. The number of hydrogen-bond acceptors (Lipinski definition) is 4. The van der Waals surface area contributed by atoms with Gasteiger partial charge in [-0.05, 0) is 43.0 Å². The van der Waals surface area contributed by atoms with Crippen LogP contribution in [0.25, 0.3) is 0 Å². The summed E-state index contributed by atoms with van der Waals surface area (Å²) in [5.41, 5.74) is 0.460. The minimum atomic E-state index is -3.51. The molecule has 1 aliphatic carbocycles. The Morgan fingerprint density at radius 2 is 2.00 bits per heavy atom. The van der Waals surface area contributed by atoms with Gasteiger partial charge in [-0.3, -0.25) is 4.72 Å². The molecule has 6 nitrogen and oxygen atoms in total. The van der Waals surface area contributed by atoms with Gasteiger partial charge in [-0.1, -0.05) is 0 Å². The Hall–Kier alpha value is -1.60. The van der Waals surface area contributed by atoms with E-state index in [2.05, 4.69) is 4.72 Å². The number of carboxylic acids is 1. The number of rotatable bonds is 7. The van der Waals surface area contributed by atoms with E-state index in [0.29, 0.717) is 11.6 Å². The molecule has 1 unspecified atom stereocenters. The van der Waals surface area contributed by atoms with Gasteiger partial charge in [-0.15, -0.1) is 0 Å². The van der Waals surface area contributed by atoms with Crippen LogP contribution >= 0.6 is 0 Å². The second kappa shape index (κ2) is 5.80. The molecule has 0 aliphatic heterocycles. The van der Waals surface area contributed by atoms with Crippen LogP contribution in [0.5, 0.6) is 0 Å². The number of carbonyl (C=O) groups is 1. The van der Waals surface area contributed by atoms with Crippen molar-refractivity contribution in [3.8, 4) is 0 Å². The largest absolute Gasteiger partial charge is 0.478 e.